The minimum absolute atomic E-state index is 0.0924. The summed E-state index contributed by atoms with van der Waals surface area (Å²) >= 11 is 0. The van der Waals surface area contributed by atoms with Gasteiger partial charge in [-0.2, -0.15) is 0 Å². The van der Waals surface area contributed by atoms with Gasteiger partial charge in [0.2, 0.25) is 5.91 Å². The molecule has 0 spiro atoms. The van der Waals surface area contributed by atoms with Gasteiger partial charge in [0.1, 0.15) is 11.5 Å². The van der Waals surface area contributed by atoms with E-state index >= 15 is 0 Å². The first-order valence-corrected chi connectivity index (χ1v) is 13.0. The number of anilines is 1. The highest BCUT2D eigenvalue weighted by atomic mass is 16.7. The summed E-state index contributed by atoms with van der Waals surface area (Å²) < 4.78 is 15.5. The second-order valence-corrected chi connectivity index (χ2v) is 9.97. The fourth-order valence-corrected chi connectivity index (χ4v) is 3.66. The quantitative estimate of drug-likeness (QED) is 0.172. The summed E-state index contributed by atoms with van der Waals surface area (Å²) in [6.45, 7) is 9.13. The molecular formula is C31H36N2O6. The van der Waals surface area contributed by atoms with Crippen LogP contribution < -0.4 is 20.1 Å². The molecule has 0 bridgehead atoms. The van der Waals surface area contributed by atoms with Crippen molar-refractivity contribution < 1.29 is 28.6 Å². The van der Waals surface area contributed by atoms with Gasteiger partial charge in [-0.15, -0.1) is 0 Å². The smallest absolute Gasteiger partial charge is 0.494 e. The molecule has 3 aromatic rings. The zero-order valence-electron chi connectivity index (χ0n) is 22.9. The van der Waals surface area contributed by atoms with Crippen LogP contribution in [0.25, 0.3) is 0 Å². The molecule has 0 saturated heterocycles. The van der Waals surface area contributed by atoms with Crippen LogP contribution in [0.5, 0.6) is 11.5 Å². The number of hydrogen-bond acceptors (Lipinski definition) is 6. The Labute approximate surface area is 229 Å². The minimum atomic E-state index is -0.795. The van der Waals surface area contributed by atoms with Crippen molar-refractivity contribution in [2.75, 3.05) is 18.5 Å². The topological polar surface area (TPSA) is 103 Å². The molecule has 8 nitrogen and oxygen atoms in total. The summed E-state index contributed by atoms with van der Waals surface area (Å²) in [6.07, 6.45) is 0.125. The molecule has 0 heterocycles. The number of amides is 2. The summed E-state index contributed by atoms with van der Waals surface area (Å²) in [5, 5.41) is 5.74. The molecule has 0 fully saturated rings. The van der Waals surface area contributed by atoms with Crippen molar-refractivity contribution >= 4 is 23.7 Å². The Morgan fingerprint density at radius 3 is 2.23 bits per heavy atom. The van der Waals surface area contributed by atoms with Crippen molar-refractivity contribution in [3.63, 3.8) is 0 Å². The van der Waals surface area contributed by atoms with Crippen molar-refractivity contribution in [1.82, 2.24) is 5.32 Å². The molecule has 0 aliphatic carbocycles. The Bertz CT molecular complexity index is 1250. The molecule has 0 radical (unpaired) electrons. The van der Waals surface area contributed by atoms with E-state index in [-0.39, 0.29) is 36.1 Å². The lowest BCUT2D eigenvalue weighted by Crippen LogP contribution is -2.22. The van der Waals surface area contributed by atoms with Crippen molar-refractivity contribution in [3.8, 4) is 11.5 Å². The second kappa shape index (κ2) is 14.0. The third kappa shape index (κ3) is 9.81. The number of hydrogen-bond donors (Lipinski definition) is 2. The van der Waals surface area contributed by atoms with Crippen LogP contribution in [0.4, 0.5) is 10.5 Å². The van der Waals surface area contributed by atoms with E-state index in [0.717, 1.165) is 11.3 Å². The molecule has 3 aromatic carbocycles. The van der Waals surface area contributed by atoms with Crippen molar-refractivity contribution in [1.29, 1.82) is 0 Å². The first-order valence-electron chi connectivity index (χ1n) is 13.0. The van der Waals surface area contributed by atoms with Crippen molar-refractivity contribution in [3.05, 3.63) is 89.5 Å². The highest BCUT2D eigenvalue weighted by Crippen LogP contribution is 2.24. The lowest BCUT2D eigenvalue weighted by molar-refractivity contribution is -0.116. The van der Waals surface area contributed by atoms with Gasteiger partial charge >= 0.3 is 6.16 Å². The van der Waals surface area contributed by atoms with E-state index in [4.69, 9.17) is 14.2 Å². The number of ether oxygens (including phenoxy) is 3. The molecule has 3 rings (SSSR count). The largest absolute Gasteiger partial charge is 0.513 e. The SMILES string of the molecule is CCOC(=O)Oc1ccc(C(=O)NCc2cccc(NC(=O)CCCOc3ccc(C(C)(C)C)cc3)c2)cc1. The normalized spacial score (nSPS) is 10.9. The maximum atomic E-state index is 12.5. The molecule has 0 saturated carbocycles. The van der Waals surface area contributed by atoms with Gasteiger partial charge in [-0.3, -0.25) is 9.59 Å². The third-order valence-electron chi connectivity index (χ3n) is 5.78. The van der Waals surface area contributed by atoms with Gasteiger partial charge in [-0.1, -0.05) is 45.0 Å². The fourth-order valence-electron chi connectivity index (χ4n) is 3.66. The molecule has 0 aromatic heterocycles. The molecule has 0 atom stereocenters. The Morgan fingerprint density at radius 1 is 0.872 bits per heavy atom. The molecule has 0 aliphatic rings. The third-order valence-corrected chi connectivity index (χ3v) is 5.78. The highest BCUT2D eigenvalue weighted by molar-refractivity contribution is 5.94. The molecule has 0 unspecified atom stereocenters. The number of rotatable bonds is 11. The summed E-state index contributed by atoms with van der Waals surface area (Å²) in [7, 11) is 0. The van der Waals surface area contributed by atoms with Crippen LogP contribution in [0, 0.1) is 0 Å². The zero-order valence-corrected chi connectivity index (χ0v) is 22.9. The number of benzene rings is 3. The summed E-state index contributed by atoms with van der Waals surface area (Å²) in [5.41, 5.74) is 3.25. The van der Waals surface area contributed by atoms with E-state index in [1.165, 1.54) is 17.7 Å². The number of carbonyl (C=O) groups is 3. The number of carbonyl (C=O) groups excluding carboxylic acids is 3. The molecule has 2 amide bonds. The minimum Gasteiger partial charge on any atom is -0.494 e. The van der Waals surface area contributed by atoms with Crippen molar-refractivity contribution in [2.45, 2.75) is 52.5 Å². The maximum absolute atomic E-state index is 12.5. The predicted octanol–water partition coefficient (Wildman–Crippen LogP) is 6.25. The van der Waals surface area contributed by atoms with Crippen LogP contribution in [-0.2, 0) is 21.5 Å². The van der Waals surface area contributed by atoms with E-state index in [9.17, 15) is 14.4 Å². The van der Waals surface area contributed by atoms with Gasteiger partial charge in [0.25, 0.3) is 5.91 Å². The molecule has 39 heavy (non-hydrogen) atoms. The maximum Gasteiger partial charge on any atom is 0.513 e. The molecule has 206 valence electrons. The van der Waals surface area contributed by atoms with E-state index in [2.05, 4.69) is 43.5 Å². The summed E-state index contributed by atoms with van der Waals surface area (Å²) in [4.78, 5) is 36.3. The Hall–Kier alpha value is -4.33. The van der Waals surface area contributed by atoms with E-state index in [1.54, 1.807) is 25.1 Å². The lowest BCUT2D eigenvalue weighted by atomic mass is 9.87. The van der Waals surface area contributed by atoms with Gasteiger partial charge in [0, 0.05) is 24.2 Å². The Balaban J connectivity index is 1.40. The van der Waals surface area contributed by atoms with E-state index in [0.29, 0.717) is 30.7 Å². The van der Waals surface area contributed by atoms with Crippen LogP contribution >= 0.6 is 0 Å². The second-order valence-electron chi connectivity index (χ2n) is 9.97. The van der Waals surface area contributed by atoms with Crippen LogP contribution in [0.1, 0.15) is 62.0 Å². The van der Waals surface area contributed by atoms with E-state index in [1.807, 2.05) is 30.3 Å². The number of nitrogens with one attached hydrogen (secondary N) is 2. The Morgan fingerprint density at radius 2 is 1.56 bits per heavy atom. The van der Waals surface area contributed by atoms with Crippen LogP contribution in [-0.4, -0.2) is 31.2 Å². The van der Waals surface area contributed by atoms with Gasteiger partial charge < -0.3 is 24.8 Å². The Kier molecular flexibility index (Phi) is 10.5. The van der Waals surface area contributed by atoms with Gasteiger partial charge in [-0.05, 0) is 78.4 Å². The summed E-state index contributed by atoms with van der Waals surface area (Å²) in [5.74, 6) is 0.696. The van der Waals surface area contributed by atoms with E-state index < -0.39 is 6.16 Å². The van der Waals surface area contributed by atoms with Crippen LogP contribution in [0.15, 0.2) is 72.8 Å². The highest BCUT2D eigenvalue weighted by Gasteiger charge is 2.13. The predicted molar refractivity (Wildman–Crippen MR) is 150 cm³/mol. The lowest BCUT2D eigenvalue weighted by Gasteiger charge is -2.19. The standard InChI is InChI=1S/C31H36N2O6/c1-5-37-30(36)39-27-15-11-23(12-16-27)29(35)32-21-22-8-6-9-25(20-22)33-28(34)10-7-19-38-26-17-13-24(14-18-26)31(2,3)4/h6,8-9,11-18,20H,5,7,10,19,21H2,1-4H3,(H,32,35)(H,33,34). The molecule has 2 N–H and O–H groups in total. The average Bonchev–Trinajstić information content (AvgIpc) is 2.90. The summed E-state index contributed by atoms with van der Waals surface area (Å²) in [6, 6.07) is 21.5. The first kappa shape index (κ1) is 29.2. The molecule has 0 aliphatic heterocycles. The van der Waals surface area contributed by atoms with Gasteiger partial charge in [-0.25, -0.2) is 4.79 Å². The zero-order chi connectivity index (χ0) is 28.3. The first-order chi connectivity index (χ1) is 18.6. The fraction of sp³-hybridized carbons (Fsp3) is 0.323. The van der Waals surface area contributed by atoms with Gasteiger partial charge in [0.05, 0.1) is 13.2 Å². The van der Waals surface area contributed by atoms with Gasteiger partial charge in [0.15, 0.2) is 0 Å². The average molecular weight is 533 g/mol. The molecular weight excluding hydrogens is 496 g/mol. The molecule has 8 heteroatoms. The van der Waals surface area contributed by atoms with Crippen LogP contribution in [0.2, 0.25) is 0 Å². The monoisotopic (exact) mass is 532 g/mol. The van der Waals surface area contributed by atoms with Crippen molar-refractivity contribution in [2.24, 2.45) is 0 Å². The van der Waals surface area contributed by atoms with Crippen LogP contribution in [0.3, 0.4) is 0 Å².